The summed E-state index contributed by atoms with van der Waals surface area (Å²) in [5, 5.41) is 2.78. The van der Waals surface area contributed by atoms with Gasteiger partial charge in [-0.2, -0.15) is 0 Å². The van der Waals surface area contributed by atoms with E-state index in [-0.39, 0.29) is 24.9 Å². The second-order valence-electron chi connectivity index (χ2n) is 6.12. The Hall–Kier alpha value is -3.26. The number of carbonyl (C=O) groups excluding carboxylic acids is 2. The average Bonchev–Trinajstić information content (AvgIpc) is 3.15. The number of halogens is 1. The number of rotatable bonds is 7. The van der Waals surface area contributed by atoms with Crippen LogP contribution >= 0.6 is 11.3 Å². The smallest absolute Gasteiger partial charge is 0.343 e. The van der Waals surface area contributed by atoms with Gasteiger partial charge < -0.3 is 14.4 Å². The van der Waals surface area contributed by atoms with E-state index in [1.807, 2.05) is 12.3 Å². The van der Waals surface area contributed by atoms with Gasteiger partial charge in [-0.3, -0.25) is 4.79 Å². The zero-order valence-electron chi connectivity index (χ0n) is 15.9. The van der Waals surface area contributed by atoms with Crippen LogP contribution in [0.4, 0.5) is 10.1 Å². The first kappa shape index (κ1) is 20.5. The maximum absolute atomic E-state index is 13.4. The van der Waals surface area contributed by atoms with Crippen LogP contribution in [0.5, 0.6) is 5.75 Å². The molecule has 0 radical (unpaired) electrons. The van der Waals surface area contributed by atoms with Crippen LogP contribution in [0.2, 0.25) is 0 Å². The molecule has 0 spiro atoms. The van der Waals surface area contributed by atoms with Crippen LogP contribution in [0.15, 0.2) is 53.9 Å². The third kappa shape index (κ3) is 5.39. The molecule has 0 saturated carbocycles. The molecule has 150 valence electrons. The number of nitrogens with zero attached hydrogens (tertiary/aromatic N) is 2. The first-order valence-corrected chi connectivity index (χ1v) is 9.62. The number of esters is 1. The van der Waals surface area contributed by atoms with Gasteiger partial charge in [0.1, 0.15) is 11.6 Å². The molecule has 0 atom stereocenters. The third-order valence-electron chi connectivity index (χ3n) is 4.04. The molecule has 29 heavy (non-hydrogen) atoms. The van der Waals surface area contributed by atoms with Crippen LogP contribution < -0.4 is 9.64 Å². The molecular weight excluding hydrogens is 395 g/mol. The van der Waals surface area contributed by atoms with Crippen molar-refractivity contribution in [3.8, 4) is 5.75 Å². The monoisotopic (exact) mass is 414 g/mol. The summed E-state index contributed by atoms with van der Waals surface area (Å²) in [6, 6.07) is 12.2. The Labute approximate surface area is 171 Å². The number of carbonyl (C=O) groups is 2. The second-order valence-corrected chi connectivity index (χ2v) is 7.18. The van der Waals surface area contributed by atoms with Crippen molar-refractivity contribution >= 4 is 28.9 Å². The summed E-state index contributed by atoms with van der Waals surface area (Å²) in [5.74, 6) is -0.840. The van der Waals surface area contributed by atoms with E-state index in [4.69, 9.17) is 4.74 Å². The molecule has 0 unspecified atom stereocenters. The predicted octanol–water partition coefficient (Wildman–Crippen LogP) is 3.99. The van der Waals surface area contributed by atoms with Crippen LogP contribution in [-0.2, 0) is 16.1 Å². The molecule has 1 heterocycles. The molecule has 0 saturated heterocycles. The van der Waals surface area contributed by atoms with Gasteiger partial charge >= 0.3 is 5.97 Å². The lowest BCUT2D eigenvalue weighted by Crippen LogP contribution is -2.30. The van der Waals surface area contributed by atoms with Crippen molar-refractivity contribution in [3.63, 3.8) is 0 Å². The van der Waals surface area contributed by atoms with Crippen LogP contribution in [0, 0.1) is 12.7 Å². The maximum atomic E-state index is 13.4. The number of amides is 1. The summed E-state index contributed by atoms with van der Waals surface area (Å²) < 4.78 is 23.3. The van der Waals surface area contributed by atoms with Crippen LogP contribution in [0.3, 0.4) is 0 Å². The quantitative estimate of drug-likeness (QED) is 0.547. The van der Waals surface area contributed by atoms with E-state index in [0.717, 1.165) is 10.7 Å². The molecule has 0 aliphatic heterocycles. The lowest BCUT2D eigenvalue weighted by Gasteiger charge is -2.22. The number of hydrogen-bond acceptors (Lipinski definition) is 6. The van der Waals surface area contributed by atoms with Crippen LogP contribution in [-0.4, -0.2) is 30.6 Å². The fourth-order valence-corrected chi connectivity index (χ4v) is 3.22. The normalized spacial score (nSPS) is 10.4. The fraction of sp³-hybridized carbons (Fsp3) is 0.190. The highest BCUT2D eigenvalue weighted by atomic mass is 32.1. The number of aryl methyl sites for hydroxylation is 1. The van der Waals surface area contributed by atoms with E-state index in [1.165, 1.54) is 35.5 Å². The molecule has 3 aromatic rings. The number of benzene rings is 2. The predicted molar refractivity (Wildman–Crippen MR) is 108 cm³/mol. The highest BCUT2D eigenvalue weighted by Crippen LogP contribution is 2.23. The Kier molecular flexibility index (Phi) is 6.56. The van der Waals surface area contributed by atoms with Gasteiger partial charge in [0.05, 0.1) is 24.4 Å². The Morgan fingerprint density at radius 1 is 1.17 bits per heavy atom. The zero-order valence-corrected chi connectivity index (χ0v) is 16.7. The van der Waals surface area contributed by atoms with Gasteiger partial charge in [-0.1, -0.05) is 6.07 Å². The van der Waals surface area contributed by atoms with E-state index in [9.17, 15) is 14.0 Å². The Bertz CT molecular complexity index is 1000. The van der Waals surface area contributed by atoms with Gasteiger partial charge in [0.25, 0.3) is 5.91 Å². The van der Waals surface area contributed by atoms with Gasteiger partial charge in [-0.05, 0) is 49.4 Å². The Balaban J connectivity index is 1.87. The number of aromatic nitrogens is 1. The van der Waals surface area contributed by atoms with Crippen molar-refractivity contribution in [1.29, 1.82) is 0 Å². The highest BCUT2D eigenvalue weighted by Gasteiger charge is 2.20. The fourth-order valence-electron chi connectivity index (χ4n) is 2.62. The van der Waals surface area contributed by atoms with Crippen molar-refractivity contribution in [1.82, 2.24) is 4.98 Å². The van der Waals surface area contributed by atoms with Crippen LogP contribution in [0.1, 0.15) is 21.1 Å². The molecule has 6 nitrogen and oxygen atoms in total. The molecule has 1 aromatic heterocycles. The average molecular weight is 414 g/mol. The zero-order chi connectivity index (χ0) is 20.8. The number of ether oxygens (including phenoxy) is 2. The molecule has 0 N–H and O–H groups in total. The summed E-state index contributed by atoms with van der Waals surface area (Å²) in [6.45, 7) is 1.87. The molecule has 2 aromatic carbocycles. The molecule has 0 bridgehead atoms. The van der Waals surface area contributed by atoms with Crippen molar-refractivity contribution in [3.05, 3.63) is 76.0 Å². The van der Waals surface area contributed by atoms with Gasteiger partial charge in [-0.25, -0.2) is 14.2 Å². The number of thiazole rings is 1. The van der Waals surface area contributed by atoms with Crippen molar-refractivity contribution in [2.45, 2.75) is 13.5 Å². The van der Waals surface area contributed by atoms with Gasteiger partial charge in [-0.15, -0.1) is 11.3 Å². The first-order chi connectivity index (χ1) is 14.0. The minimum Gasteiger partial charge on any atom is -0.482 e. The van der Waals surface area contributed by atoms with Gasteiger partial charge in [0.15, 0.2) is 6.61 Å². The number of anilines is 1. The van der Waals surface area contributed by atoms with Crippen molar-refractivity contribution in [2.75, 3.05) is 18.6 Å². The second kappa shape index (κ2) is 9.29. The number of hydrogen-bond donors (Lipinski definition) is 0. The summed E-state index contributed by atoms with van der Waals surface area (Å²) in [5.41, 5.74) is 1.65. The van der Waals surface area contributed by atoms with Gasteiger partial charge in [0.2, 0.25) is 0 Å². The Morgan fingerprint density at radius 2 is 1.93 bits per heavy atom. The lowest BCUT2D eigenvalue weighted by atomic mass is 10.1. The Morgan fingerprint density at radius 3 is 2.59 bits per heavy atom. The van der Waals surface area contributed by atoms with E-state index >= 15 is 0 Å². The summed E-state index contributed by atoms with van der Waals surface area (Å²) in [4.78, 5) is 30.5. The van der Waals surface area contributed by atoms with Gasteiger partial charge in [0, 0.05) is 16.6 Å². The molecule has 0 aliphatic rings. The lowest BCUT2D eigenvalue weighted by molar-refractivity contribution is -0.142. The van der Waals surface area contributed by atoms with Crippen molar-refractivity contribution in [2.24, 2.45) is 0 Å². The van der Waals surface area contributed by atoms with E-state index < -0.39 is 5.97 Å². The maximum Gasteiger partial charge on any atom is 0.343 e. The summed E-state index contributed by atoms with van der Waals surface area (Å²) >= 11 is 1.49. The standard InChI is InChI=1S/C21H19FN2O4S/c1-14-23-17(13-29-14)11-24(18-8-6-16(22)7-9-18)21(26)15-4-3-5-19(10-15)28-12-20(25)27-2/h3-10,13H,11-12H2,1-2H3. The molecule has 8 heteroatoms. The van der Waals surface area contributed by atoms with Crippen LogP contribution in [0.25, 0.3) is 0 Å². The largest absolute Gasteiger partial charge is 0.482 e. The molecular formula is C21H19FN2O4S. The van der Waals surface area contributed by atoms with E-state index in [0.29, 0.717) is 17.0 Å². The van der Waals surface area contributed by atoms with Crippen molar-refractivity contribution < 1.29 is 23.5 Å². The number of methoxy groups -OCH3 is 1. The SMILES string of the molecule is COC(=O)COc1cccc(C(=O)N(Cc2csc(C)n2)c2ccc(F)cc2)c1. The molecule has 3 rings (SSSR count). The summed E-state index contributed by atoms with van der Waals surface area (Å²) in [7, 11) is 1.27. The minimum absolute atomic E-state index is 0.238. The molecule has 0 aliphatic carbocycles. The third-order valence-corrected chi connectivity index (χ3v) is 4.86. The summed E-state index contributed by atoms with van der Waals surface area (Å²) in [6.07, 6.45) is 0. The highest BCUT2D eigenvalue weighted by molar-refractivity contribution is 7.09. The van der Waals surface area contributed by atoms with E-state index in [1.54, 1.807) is 36.4 Å². The minimum atomic E-state index is -0.520. The topological polar surface area (TPSA) is 68.7 Å². The van der Waals surface area contributed by atoms with E-state index in [2.05, 4.69) is 9.72 Å². The first-order valence-electron chi connectivity index (χ1n) is 8.74. The molecule has 1 amide bonds. The molecule has 0 fully saturated rings.